The van der Waals surface area contributed by atoms with Crippen LogP contribution in [0.25, 0.3) is 11.3 Å². The zero-order valence-electron chi connectivity index (χ0n) is 13.5. The number of hydrogen-bond donors (Lipinski definition) is 1. The number of nitrogen functional groups attached to an aromatic ring is 1. The standard InChI is InChI=1S/C17H24N2O2S/c1-4-7-15(21-10-5-2)13-9-6-8-12(16(13)20-3)14-11-22-17(18)19-14/h6,8-9,11,15H,4-5,7,10H2,1-3H3,(H2,18,19). The summed E-state index contributed by atoms with van der Waals surface area (Å²) in [5, 5.41) is 2.52. The molecule has 0 saturated heterocycles. The van der Waals surface area contributed by atoms with Crippen LogP contribution in [0.1, 0.15) is 44.8 Å². The summed E-state index contributed by atoms with van der Waals surface area (Å²) in [6.45, 7) is 5.04. The molecule has 2 aromatic rings. The zero-order valence-corrected chi connectivity index (χ0v) is 14.3. The number of rotatable bonds is 8. The SMILES string of the molecule is CCCOC(CCC)c1cccc(-c2csc(N)n2)c1OC. The van der Waals surface area contributed by atoms with Gasteiger partial charge in [0, 0.05) is 23.1 Å². The lowest BCUT2D eigenvalue weighted by Crippen LogP contribution is -2.07. The molecule has 0 aliphatic rings. The molecule has 0 bridgehead atoms. The van der Waals surface area contributed by atoms with Crippen LogP contribution in [0.2, 0.25) is 0 Å². The fourth-order valence-electron chi connectivity index (χ4n) is 2.50. The first-order valence-corrected chi connectivity index (χ1v) is 8.59. The van der Waals surface area contributed by atoms with Crippen molar-refractivity contribution < 1.29 is 9.47 Å². The number of nitrogens with two attached hydrogens (primary N) is 1. The van der Waals surface area contributed by atoms with E-state index in [1.165, 1.54) is 11.3 Å². The summed E-state index contributed by atoms with van der Waals surface area (Å²) in [4.78, 5) is 4.37. The summed E-state index contributed by atoms with van der Waals surface area (Å²) in [6, 6.07) is 6.12. The van der Waals surface area contributed by atoms with E-state index in [9.17, 15) is 0 Å². The van der Waals surface area contributed by atoms with Crippen molar-refractivity contribution in [1.82, 2.24) is 4.98 Å². The van der Waals surface area contributed by atoms with Gasteiger partial charge in [-0.3, -0.25) is 0 Å². The largest absolute Gasteiger partial charge is 0.496 e. The molecule has 2 rings (SSSR count). The van der Waals surface area contributed by atoms with E-state index in [4.69, 9.17) is 15.2 Å². The predicted octanol–water partition coefficient (Wildman–Crippen LogP) is 4.67. The van der Waals surface area contributed by atoms with Gasteiger partial charge in [0.05, 0.1) is 18.9 Å². The van der Waals surface area contributed by atoms with Gasteiger partial charge in [-0.1, -0.05) is 32.4 Å². The second-order valence-corrected chi connectivity index (χ2v) is 6.04. The van der Waals surface area contributed by atoms with Gasteiger partial charge in [0.25, 0.3) is 0 Å². The van der Waals surface area contributed by atoms with Crippen LogP contribution in [-0.4, -0.2) is 18.7 Å². The number of ether oxygens (including phenoxy) is 2. The Morgan fingerprint density at radius 3 is 2.68 bits per heavy atom. The van der Waals surface area contributed by atoms with Gasteiger partial charge in [-0.15, -0.1) is 11.3 Å². The summed E-state index contributed by atoms with van der Waals surface area (Å²) in [5.74, 6) is 0.836. The molecule has 1 aromatic carbocycles. The molecule has 0 amide bonds. The van der Waals surface area contributed by atoms with Crippen LogP contribution in [0.15, 0.2) is 23.6 Å². The van der Waals surface area contributed by atoms with Crippen molar-refractivity contribution in [3.8, 4) is 17.0 Å². The Morgan fingerprint density at radius 1 is 1.27 bits per heavy atom. The highest BCUT2D eigenvalue weighted by Crippen LogP contribution is 2.39. The van der Waals surface area contributed by atoms with Gasteiger partial charge in [0.2, 0.25) is 0 Å². The molecule has 0 saturated carbocycles. The van der Waals surface area contributed by atoms with E-state index in [2.05, 4.69) is 24.9 Å². The molecule has 120 valence electrons. The Labute approximate surface area is 136 Å². The number of nitrogens with zero attached hydrogens (tertiary/aromatic N) is 1. The minimum atomic E-state index is 0.0517. The molecule has 1 heterocycles. The Balaban J connectivity index is 2.42. The molecule has 1 atom stereocenters. The van der Waals surface area contributed by atoms with Crippen LogP contribution in [-0.2, 0) is 4.74 Å². The maximum atomic E-state index is 6.03. The van der Waals surface area contributed by atoms with Gasteiger partial charge in [-0.25, -0.2) is 4.98 Å². The smallest absolute Gasteiger partial charge is 0.180 e. The van der Waals surface area contributed by atoms with Crippen molar-refractivity contribution >= 4 is 16.5 Å². The van der Waals surface area contributed by atoms with Gasteiger partial charge in [-0.05, 0) is 18.9 Å². The number of benzene rings is 1. The maximum Gasteiger partial charge on any atom is 0.180 e. The second-order valence-electron chi connectivity index (χ2n) is 5.15. The van der Waals surface area contributed by atoms with Gasteiger partial charge < -0.3 is 15.2 Å². The van der Waals surface area contributed by atoms with Gasteiger partial charge >= 0.3 is 0 Å². The van der Waals surface area contributed by atoms with Crippen molar-refractivity contribution in [1.29, 1.82) is 0 Å². The quantitative estimate of drug-likeness (QED) is 0.768. The normalized spacial score (nSPS) is 12.3. The van der Waals surface area contributed by atoms with Crippen LogP contribution in [0, 0.1) is 0 Å². The van der Waals surface area contributed by atoms with Crippen molar-refractivity contribution in [2.75, 3.05) is 19.5 Å². The van der Waals surface area contributed by atoms with Gasteiger partial charge in [-0.2, -0.15) is 0 Å². The van der Waals surface area contributed by atoms with Crippen molar-refractivity contribution in [2.24, 2.45) is 0 Å². The highest BCUT2D eigenvalue weighted by atomic mass is 32.1. The van der Waals surface area contributed by atoms with Gasteiger partial charge in [0.15, 0.2) is 5.13 Å². The summed E-state index contributed by atoms with van der Waals surface area (Å²) in [5.41, 5.74) is 8.67. The van der Waals surface area contributed by atoms with Crippen LogP contribution < -0.4 is 10.5 Å². The van der Waals surface area contributed by atoms with E-state index in [1.54, 1.807) is 7.11 Å². The van der Waals surface area contributed by atoms with Crippen LogP contribution in [0.4, 0.5) is 5.13 Å². The van der Waals surface area contributed by atoms with E-state index in [-0.39, 0.29) is 6.10 Å². The van der Waals surface area contributed by atoms with E-state index < -0.39 is 0 Å². The van der Waals surface area contributed by atoms with Crippen LogP contribution in [0.5, 0.6) is 5.75 Å². The maximum absolute atomic E-state index is 6.03. The van der Waals surface area contributed by atoms with E-state index in [0.29, 0.717) is 5.13 Å². The van der Waals surface area contributed by atoms with E-state index in [1.807, 2.05) is 17.5 Å². The molecule has 2 N–H and O–H groups in total. The lowest BCUT2D eigenvalue weighted by Gasteiger charge is -2.21. The van der Waals surface area contributed by atoms with Crippen molar-refractivity contribution in [3.63, 3.8) is 0 Å². The van der Waals surface area contributed by atoms with Crippen LogP contribution >= 0.6 is 11.3 Å². The number of hydrogen-bond acceptors (Lipinski definition) is 5. The summed E-state index contributed by atoms with van der Waals surface area (Å²) in [6.07, 6.45) is 3.09. The van der Waals surface area contributed by atoms with E-state index in [0.717, 1.165) is 48.4 Å². The lowest BCUT2D eigenvalue weighted by atomic mass is 9.99. The first-order chi connectivity index (χ1) is 10.7. The average Bonchev–Trinajstić information content (AvgIpc) is 2.97. The molecule has 0 aliphatic carbocycles. The average molecular weight is 320 g/mol. The third-order valence-corrected chi connectivity index (χ3v) is 4.14. The predicted molar refractivity (Wildman–Crippen MR) is 92.4 cm³/mol. The molecule has 0 radical (unpaired) electrons. The number of anilines is 1. The minimum absolute atomic E-state index is 0.0517. The Kier molecular flexibility index (Phi) is 6.21. The first kappa shape index (κ1) is 16.8. The lowest BCUT2D eigenvalue weighted by molar-refractivity contribution is 0.0449. The molecule has 1 unspecified atom stereocenters. The second kappa shape index (κ2) is 8.15. The van der Waals surface area contributed by atoms with Crippen LogP contribution in [0.3, 0.4) is 0 Å². The molecule has 0 aliphatic heterocycles. The zero-order chi connectivity index (χ0) is 15.9. The monoisotopic (exact) mass is 320 g/mol. The highest BCUT2D eigenvalue weighted by molar-refractivity contribution is 7.13. The molecule has 5 heteroatoms. The number of thiazole rings is 1. The molecule has 0 spiro atoms. The summed E-state index contributed by atoms with van der Waals surface area (Å²) in [7, 11) is 1.70. The molecule has 1 aromatic heterocycles. The number of methoxy groups -OCH3 is 1. The summed E-state index contributed by atoms with van der Waals surface area (Å²) < 4.78 is 11.7. The Hall–Kier alpha value is -1.59. The fraction of sp³-hybridized carbons (Fsp3) is 0.471. The number of para-hydroxylation sites is 1. The third kappa shape index (κ3) is 3.78. The minimum Gasteiger partial charge on any atom is -0.496 e. The molecular weight excluding hydrogens is 296 g/mol. The Morgan fingerprint density at radius 2 is 2.09 bits per heavy atom. The molecular formula is C17H24N2O2S. The first-order valence-electron chi connectivity index (χ1n) is 7.71. The molecule has 4 nitrogen and oxygen atoms in total. The third-order valence-electron chi connectivity index (χ3n) is 3.47. The molecule has 0 fully saturated rings. The van der Waals surface area contributed by atoms with Crippen molar-refractivity contribution in [3.05, 3.63) is 29.1 Å². The number of aromatic nitrogens is 1. The van der Waals surface area contributed by atoms with Crippen molar-refractivity contribution in [2.45, 2.75) is 39.2 Å². The topological polar surface area (TPSA) is 57.4 Å². The molecule has 22 heavy (non-hydrogen) atoms. The van der Waals surface area contributed by atoms with E-state index >= 15 is 0 Å². The summed E-state index contributed by atoms with van der Waals surface area (Å²) >= 11 is 1.44. The fourth-order valence-corrected chi connectivity index (χ4v) is 3.06. The highest BCUT2D eigenvalue weighted by Gasteiger charge is 2.20. The Bertz CT molecular complexity index is 598. The van der Waals surface area contributed by atoms with Gasteiger partial charge in [0.1, 0.15) is 5.75 Å².